The van der Waals surface area contributed by atoms with Gasteiger partial charge >= 0.3 is 0 Å². The molecule has 6 heteroatoms. The van der Waals surface area contributed by atoms with E-state index >= 15 is 0 Å². The number of rotatable bonds is 7. The number of benzene rings is 1. The van der Waals surface area contributed by atoms with Crippen LogP contribution >= 0.6 is 11.3 Å². The van der Waals surface area contributed by atoms with E-state index in [1.165, 1.54) is 0 Å². The molecule has 1 aliphatic rings. The summed E-state index contributed by atoms with van der Waals surface area (Å²) in [6.07, 6.45) is 2.08. The Bertz CT molecular complexity index is 818. The lowest BCUT2D eigenvalue weighted by Gasteiger charge is -2.04. The fourth-order valence-corrected chi connectivity index (χ4v) is 3.47. The highest BCUT2D eigenvalue weighted by atomic mass is 32.1. The number of nitrogens with zero attached hydrogens (tertiary/aromatic N) is 1. The number of aromatic nitrogens is 1. The maximum Gasteiger partial charge on any atom is 0.223 e. The highest BCUT2D eigenvalue weighted by Crippen LogP contribution is 2.31. The number of thiazole rings is 1. The van der Waals surface area contributed by atoms with Crippen molar-refractivity contribution in [2.45, 2.75) is 19.4 Å². The molecule has 0 radical (unpaired) electrons. The molecule has 3 aromatic rings. The second kappa shape index (κ2) is 6.75. The number of fused-ring (bicyclic) bond motifs is 1. The first-order valence-corrected chi connectivity index (χ1v) is 9.04. The van der Waals surface area contributed by atoms with Crippen molar-refractivity contribution in [1.82, 2.24) is 15.6 Å². The van der Waals surface area contributed by atoms with Gasteiger partial charge in [0.15, 0.2) is 10.8 Å². The van der Waals surface area contributed by atoms with Gasteiger partial charge in [-0.15, -0.1) is 11.3 Å². The summed E-state index contributed by atoms with van der Waals surface area (Å²) < 4.78 is 7.04. The fraction of sp³-hybridized carbons (Fsp3) is 0.333. The lowest BCUT2D eigenvalue weighted by Crippen LogP contribution is -2.32. The summed E-state index contributed by atoms with van der Waals surface area (Å²) >= 11 is 1.63. The van der Waals surface area contributed by atoms with E-state index in [4.69, 9.17) is 4.42 Å². The van der Waals surface area contributed by atoms with Crippen molar-refractivity contribution >= 4 is 27.5 Å². The molecule has 1 aromatic carbocycles. The van der Waals surface area contributed by atoms with Crippen molar-refractivity contribution in [3.63, 3.8) is 0 Å². The van der Waals surface area contributed by atoms with Gasteiger partial charge in [-0.05, 0) is 37.1 Å². The lowest BCUT2D eigenvalue weighted by molar-refractivity contribution is -0.122. The Morgan fingerprint density at radius 1 is 1.21 bits per heavy atom. The molecule has 24 heavy (non-hydrogen) atoms. The molecular formula is C18H19N3O2S. The van der Waals surface area contributed by atoms with E-state index < -0.39 is 0 Å². The Hall–Kier alpha value is -2.18. The van der Waals surface area contributed by atoms with Crippen LogP contribution in [0.4, 0.5) is 0 Å². The van der Waals surface area contributed by atoms with Gasteiger partial charge in [0.05, 0.1) is 16.8 Å². The molecule has 0 spiro atoms. The first-order valence-electron chi connectivity index (χ1n) is 8.23. The van der Waals surface area contributed by atoms with Crippen LogP contribution in [-0.4, -0.2) is 24.0 Å². The summed E-state index contributed by atoms with van der Waals surface area (Å²) in [6, 6.07) is 12.0. The van der Waals surface area contributed by atoms with Crippen molar-refractivity contribution < 1.29 is 9.21 Å². The molecule has 0 atom stereocenters. The van der Waals surface area contributed by atoms with Crippen LogP contribution in [0, 0.1) is 5.92 Å². The first kappa shape index (κ1) is 15.4. The zero-order chi connectivity index (χ0) is 16.4. The number of hydrogen-bond acceptors (Lipinski definition) is 5. The van der Waals surface area contributed by atoms with Gasteiger partial charge in [-0.1, -0.05) is 12.1 Å². The van der Waals surface area contributed by atoms with Crippen LogP contribution in [0.25, 0.3) is 21.0 Å². The Balaban J connectivity index is 1.29. The summed E-state index contributed by atoms with van der Waals surface area (Å²) in [5.41, 5.74) is 1.000. The Labute approximate surface area is 144 Å². The maximum atomic E-state index is 11.5. The van der Waals surface area contributed by atoms with E-state index in [-0.39, 0.29) is 11.8 Å². The van der Waals surface area contributed by atoms with Gasteiger partial charge in [0, 0.05) is 19.0 Å². The minimum Gasteiger partial charge on any atom is -0.457 e. The smallest absolute Gasteiger partial charge is 0.223 e. The van der Waals surface area contributed by atoms with Gasteiger partial charge in [-0.25, -0.2) is 4.98 Å². The number of hydrogen-bond donors (Lipinski definition) is 2. The third kappa shape index (κ3) is 3.49. The van der Waals surface area contributed by atoms with E-state index in [9.17, 15) is 4.79 Å². The molecule has 0 aliphatic heterocycles. The zero-order valence-corrected chi connectivity index (χ0v) is 14.1. The monoisotopic (exact) mass is 341 g/mol. The zero-order valence-electron chi connectivity index (χ0n) is 13.2. The van der Waals surface area contributed by atoms with Crippen LogP contribution in [0.3, 0.4) is 0 Å². The molecular weight excluding hydrogens is 322 g/mol. The van der Waals surface area contributed by atoms with Crippen molar-refractivity contribution in [2.24, 2.45) is 5.92 Å². The molecule has 1 amide bonds. The van der Waals surface area contributed by atoms with Gasteiger partial charge in [-0.3, -0.25) is 4.79 Å². The van der Waals surface area contributed by atoms with Crippen LogP contribution in [0.1, 0.15) is 18.6 Å². The summed E-state index contributed by atoms with van der Waals surface area (Å²) in [7, 11) is 0. The number of furan rings is 1. The van der Waals surface area contributed by atoms with Gasteiger partial charge in [-0.2, -0.15) is 0 Å². The van der Waals surface area contributed by atoms with E-state index in [2.05, 4.69) is 21.7 Å². The van der Waals surface area contributed by atoms with Gasteiger partial charge < -0.3 is 15.1 Å². The van der Waals surface area contributed by atoms with Crippen LogP contribution in [0.15, 0.2) is 40.8 Å². The molecule has 2 N–H and O–H groups in total. The average Bonchev–Trinajstić information content (AvgIpc) is 3.19. The van der Waals surface area contributed by atoms with Crippen molar-refractivity contribution in [3.8, 4) is 10.8 Å². The molecule has 4 rings (SSSR count). The number of carbonyl (C=O) groups is 1. The fourth-order valence-electron chi connectivity index (χ4n) is 2.54. The van der Waals surface area contributed by atoms with Gasteiger partial charge in [0.25, 0.3) is 0 Å². The Kier molecular flexibility index (Phi) is 4.32. The SMILES string of the molecule is O=C(NCCNCc1ccc(-c2nc3ccccc3s2)o1)C1CC1. The number of para-hydroxylation sites is 1. The average molecular weight is 341 g/mol. The molecule has 5 nitrogen and oxygen atoms in total. The standard InChI is InChI=1S/C18H19N3O2S/c22-17(12-5-6-12)20-10-9-19-11-13-7-8-15(23-13)18-21-14-3-1-2-4-16(14)24-18/h1-4,7-8,12,19H,5-6,9-11H2,(H,20,22). The summed E-state index contributed by atoms with van der Waals surface area (Å²) in [5, 5.41) is 7.12. The lowest BCUT2D eigenvalue weighted by atomic mass is 10.3. The molecule has 1 saturated carbocycles. The molecule has 124 valence electrons. The van der Waals surface area contributed by atoms with E-state index in [1.54, 1.807) is 11.3 Å². The molecule has 0 bridgehead atoms. The third-order valence-corrected chi connectivity index (χ3v) is 5.07. The largest absolute Gasteiger partial charge is 0.457 e. The molecule has 1 fully saturated rings. The number of nitrogens with one attached hydrogen (secondary N) is 2. The van der Waals surface area contributed by atoms with Crippen molar-refractivity contribution in [1.29, 1.82) is 0 Å². The van der Waals surface area contributed by atoms with E-state index in [1.807, 2.05) is 30.3 Å². The quantitative estimate of drug-likeness (QED) is 0.648. The van der Waals surface area contributed by atoms with Crippen LogP contribution in [0.2, 0.25) is 0 Å². The second-order valence-corrected chi connectivity index (χ2v) is 7.03. The summed E-state index contributed by atoms with van der Waals surface area (Å²) in [6.45, 7) is 2.03. The van der Waals surface area contributed by atoms with Crippen molar-refractivity contribution in [2.75, 3.05) is 13.1 Å². The van der Waals surface area contributed by atoms with Crippen LogP contribution in [0.5, 0.6) is 0 Å². The summed E-state index contributed by atoms with van der Waals surface area (Å²) in [4.78, 5) is 16.1. The first-order chi connectivity index (χ1) is 11.8. The molecule has 0 unspecified atom stereocenters. The number of carbonyl (C=O) groups excluding carboxylic acids is 1. The predicted molar refractivity (Wildman–Crippen MR) is 94.8 cm³/mol. The minimum absolute atomic E-state index is 0.188. The Morgan fingerprint density at radius 2 is 2.08 bits per heavy atom. The van der Waals surface area contributed by atoms with Crippen LogP contribution < -0.4 is 10.6 Å². The minimum atomic E-state index is 0.188. The molecule has 2 heterocycles. The normalized spacial score (nSPS) is 14.2. The Morgan fingerprint density at radius 3 is 2.92 bits per heavy atom. The van der Waals surface area contributed by atoms with Crippen LogP contribution in [-0.2, 0) is 11.3 Å². The highest BCUT2D eigenvalue weighted by molar-refractivity contribution is 7.21. The van der Waals surface area contributed by atoms with E-state index in [0.29, 0.717) is 13.1 Å². The maximum absolute atomic E-state index is 11.5. The van der Waals surface area contributed by atoms with Crippen molar-refractivity contribution in [3.05, 3.63) is 42.2 Å². The van der Waals surface area contributed by atoms with E-state index in [0.717, 1.165) is 46.1 Å². The molecule has 1 aliphatic carbocycles. The second-order valence-electron chi connectivity index (χ2n) is 5.99. The van der Waals surface area contributed by atoms with Gasteiger partial charge in [0.1, 0.15) is 5.76 Å². The predicted octanol–water partition coefficient (Wildman–Crippen LogP) is 3.17. The molecule has 0 saturated heterocycles. The summed E-state index contributed by atoms with van der Waals surface area (Å²) in [5.74, 6) is 2.13. The topological polar surface area (TPSA) is 67.2 Å². The van der Waals surface area contributed by atoms with Gasteiger partial charge in [0.2, 0.25) is 5.91 Å². The number of amides is 1. The molecule has 2 aromatic heterocycles. The highest BCUT2D eigenvalue weighted by Gasteiger charge is 2.28. The third-order valence-electron chi connectivity index (χ3n) is 4.01.